The van der Waals surface area contributed by atoms with Crippen LogP contribution in [0.1, 0.15) is 30.1 Å². The summed E-state index contributed by atoms with van der Waals surface area (Å²) >= 11 is 5.58. The molecule has 15 heavy (non-hydrogen) atoms. The summed E-state index contributed by atoms with van der Waals surface area (Å²) in [6.07, 6.45) is 1.88. The van der Waals surface area contributed by atoms with Gasteiger partial charge >= 0.3 is 0 Å². The standard InChI is InChI=1S/C11H13ClFNO/c1-2-3-6-14-11(15)9-5-4-8(12)7-10(9)13/h4-5,7H,2-3,6H2,1H3,(H,14,15). The molecule has 2 nitrogen and oxygen atoms in total. The fourth-order valence-electron chi connectivity index (χ4n) is 1.15. The topological polar surface area (TPSA) is 29.1 Å². The molecule has 0 atom stereocenters. The van der Waals surface area contributed by atoms with E-state index in [0.29, 0.717) is 6.54 Å². The maximum Gasteiger partial charge on any atom is 0.254 e. The molecular formula is C11H13ClFNO. The number of nitrogens with one attached hydrogen (secondary N) is 1. The van der Waals surface area contributed by atoms with E-state index in [9.17, 15) is 9.18 Å². The van der Waals surface area contributed by atoms with Gasteiger partial charge in [-0.3, -0.25) is 4.79 Å². The number of hydrogen-bond donors (Lipinski definition) is 1. The lowest BCUT2D eigenvalue weighted by Crippen LogP contribution is -2.25. The molecule has 1 aromatic rings. The average Bonchev–Trinajstić information content (AvgIpc) is 2.17. The first kappa shape index (κ1) is 12.0. The Morgan fingerprint density at radius 3 is 2.87 bits per heavy atom. The Balaban J connectivity index is 2.65. The second-order valence-electron chi connectivity index (χ2n) is 3.23. The molecule has 0 fully saturated rings. The van der Waals surface area contributed by atoms with Gasteiger partial charge in [-0.05, 0) is 24.6 Å². The van der Waals surface area contributed by atoms with Gasteiger partial charge < -0.3 is 5.32 Å². The van der Waals surface area contributed by atoms with Crippen LogP contribution in [-0.2, 0) is 0 Å². The van der Waals surface area contributed by atoms with Crippen molar-refractivity contribution in [2.75, 3.05) is 6.54 Å². The van der Waals surface area contributed by atoms with Gasteiger partial charge in [0.25, 0.3) is 5.91 Å². The minimum absolute atomic E-state index is 0.0375. The lowest BCUT2D eigenvalue weighted by molar-refractivity contribution is 0.0949. The van der Waals surface area contributed by atoms with Crippen LogP contribution in [0, 0.1) is 5.82 Å². The van der Waals surface area contributed by atoms with E-state index in [1.807, 2.05) is 6.92 Å². The number of carbonyl (C=O) groups excluding carboxylic acids is 1. The van der Waals surface area contributed by atoms with Gasteiger partial charge in [-0.15, -0.1) is 0 Å². The van der Waals surface area contributed by atoms with Gasteiger partial charge in [0.1, 0.15) is 5.82 Å². The number of amides is 1. The molecule has 0 aliphatic carbocycles. The van der Waals surface area contributed by atoms with Crippen LogP contribution in [-0.4, -0.2) is 12.5 Å². The minimum Gasteiger partial charge on any atom is -0.352 e. The number of halogens is 2. The van der Waals surface area contributed by atoms with Crippen molar-refractivity contribution in [3.63, 3.8) is 0 Å². The molecule has 0 aliphatic rings. The highest BCUT2D eigenvalue weighted by Crippen LogP contribution is 2.14. The quantitative estimate of drug-likeness (QED) is 0.791. The van der Waals surface area contributed by atoms with Crippen LogP contribution in [0.5, 0.6) is 0 Å². The lowest BCUT2D eigenvalue weighted by Gasteiger charge is -2.05. The van der Waals surface area contributed by atoms with Crippen LogP contribution in [0.3, 0.4) is 0 Å². The Hall–Kier alpha value is -1.09. The highest BCUT2D eigenvalue weighted by molar-refractivity contribution is 6.30. The highest BCUT2D eigenvalue weighted by atomic mass is 35.5. The Labute approximate surface area is 93.4 Å². The fourth-order valence-corrected chi connectivity index (χ4v) is 1.31. The van der Waals surface area contributed by atoms with Crippen LogP contribution in [0.4, 0.5) is 4.39 Å². The maximum atomic E-state index is 13.3. The molecule has 0 aromatic heterocycles. The van der Waals surface area contributed by atoms with E-state index in [1.54, 1.807) is 0 Å². The summed E-state index contributed by atoms with van der Waals surface area (Å²) in [5.74, 6) is -0.978. The third-order valence-corrected chi connectivity index (χ3v) is 2.23. The molecular weight excluding hydrogens is 217 g/mol. The number of unbranched alkanes of at least 4 members (excludes halogenated alkanes) is 1. The lowest BCUT2D eigenvalue weighted by atomic mass is 10.2. The third kappa shape index (κ3) is 3.51. The molecule has 0 heterocycles. The third-order valence-electron chi connectivity index (χ3n) is 1.99. The van der Waals surface area contributed by atoms with Gasteiger partial charge in [0.2, 0.25) is 0 Å². The number of carbonyl (C=O) groups is 1. The van der Waals surface area contributed by atoms with Gasteiger partial charge in [-0.1, -0.05) is 24.9 Å². The molecule has 0 saturated carbocycles. The van der Waals surface area contributed by atoms with Crippen LogP contribution in [0.2, 0.25) is 5.02 Å². The summed E-state index contributed by atoms with van der Waals surface area (Å²) in [6, 6.07) is 4.02. The van der Waals surface area contributed by atoms with Gasteiger partial charge in [-0.25, -0.2) is 4.39 Å². The molecule has 0 spiro atoms. The number of hydrogen-bond acceptors (Lipinski definition) is 1. The van der Waals surface area contributed by atoms with E-state index in [1.165, 1.54) is 12.1 Å². The summed E-state index contributed by atoms with van der Waals surface area (Å²) in [4.78, 5) is 11.5. The van der Waals surface area contributed by atoms with Crippen molar-refractivity contribution in [3.8, 4) is 0 Å². The van der Waals surface area contributed by atoms with Gasteiger partial charge in [-0.2, -0.15) is 0 Å². The Kier molecular flexibility index (Phi) is 4.56. The Morgan fingerprint density at radius 2 is 2.27 bits per heavy atom. The molecule has 1 aromatic carbocycles. The first-order valence-corrected chi connectivity index (χ1v) is 5.26. The predicted molar refractivity (Wildman–Crippen MR) is 58.7 cm³/mol. The van der Waals surface area contributed by atoms with Crippen molar-refractivity contribution in [1.29, 1.82) is 0 Å². The second-order valence-corrected chi connectivity index (χ2v) is 3.67. The molecule has 4 heteroatoms. The average molecular weight is 230 g/mol. The van der Waals surface area contributed by atoms with Crippen LogP contribution in [0.25, 0.3) is 0 Å². The SMILES string of the molecule is CCCCNC(=O)c1ccc(Cl)cc1F. The van der Waals surface area contributed by atoms with E-state index in [-0.39, 0.29) is 10.6 Å². The highest BCUT2D eigenvalue weighted by Gasteiger charge is 2.10. The molecule has 0 radical (unpaired) electrons. The smallest absolute Gasteiger partial charge is 0.254 e. The Bertz CT molecular complexity index is 354. The van der Waals surface area contributed by atoms with Crippen molar-refractivity contribution >= 4 is 17.5 Å². The van der Waals surface area contributed by atoms with Gasteiger partial charge in [0.05, 0.1) is 5.56 Å². The van der Waals surface area contributed by atoms with Gasteiger partial charge in [0, 0.05) is 11.6 Å². The van der Waals surface area contributed by atoms with E-state index in [0.717, 1.165) is 18.9 Å². The number of rotatable bonds is 4. The van der Waals surface area contributed by atoms with Crippen molar-refractivity contribution in [2.45, 2.75) is 19.8 Å². The Morgan fingerprint density at radius 1 is 1.53 bits per heavy atom. The maximum absolute atomic E-state index is 13.3. The van der Waals surface area contributed by atoms with Crippen molar-refractivity contribution in [2.24, 2.45) is 0 Å². The largest absolute Gasteiger partial charge is 0.352 e. The summed E-state index contributed by atoms with van der Waals surface area (Å²) in [6.45, 7) is 2.59. The zero-order chi connectivity index (χ0) is 11.3. The number of benzene rings is 1. The van der Waals surface area contributed by atoms with Crippen molar-refractivity contribution < 1.29 is 9.18 Å². The van der Waals surface area contributed by atoms with Crippen LogP contribution < -0.4 is 5.32 Å². The normalized spacial score (nSPS) is 10.1. The monoisotopic (exact) mass is 229 g/mol. The molecule has 0 unspecified atom stereocenters. The van der Waals surface area contributed by atoms with Crippen LogP contribution >= 0.6 is 11.6 Å². The molecule has 0 aliphatic heterocycles. The summed E-state index contributed by atoms with van der Waals surface area (Å²) in [5.41, 5.74) is 0.0375. The molecule has 0 saturated heterocycles. The van der Waals surface area contributed by atoms with E-state index >= 15 is 0 Å². The second kappa shape index (κ2) is 5.71. The first-order chi connectivity index (χ1) is 7.15. The van der Waals surface area contributed by atoms with Gasteiger partial charge in [0.15, 0.2) is 0 Å². The molecule has 1 amide bonds. The van der Waals surface area contributed by atoms with Crippen molar-refractivity contribution in [1.82, 2.24) is 5.32 Å². The molecule has 1 rings (SSSR count). The predicted octanol–water partition coefficient (Wildman–Crippen LogP) is 3.01. The molecule has 82 valence electrons. The summed E-state index contributed by atoms with van der Waals surface area (Å²) in [7, 11) is 0. The van der Waals surface area contributed by atoms with Crippen LogP contribution in [0.15, 0.2) is 18.2 Å². The fraction of sp³-hybridized carbons (Fsp3) is 0.364. The first-order valence-electron chi connectivity index (χ1n) is 4.88. The minimum atomic E-state index is -0.587. The summed E-state index contributed by atoms with van der Waals surface area (Å²) < 4.78 is 13.3. The van der Waals surface area contributed by atoms with Crippen molar-refractivity contribution in [3.05, 3.63) is 34.6 Å². The summed E-state index contributed by atoms with van der Waals surface area (Å²) in [5, 5.41) is 2.93. The zero-order valence-corrected chi connectivity index (χ0v) is 9.27. The molecule has 1 N–H and O–H groups in total. The zero-order valence-electron chi connectivity index (χ0n) is 8.52. The molecule has 0 bridgehead atoms. The van der Waals surface area contributed by atoms with E-state index in [2.05, 4.69) is 5.32 Å². The van der Waals surface area contributed by atoms with E-state index in [4.69, 9.17) is 11.6 Å². The van der Waals surface area contributed by atoms with E-state index < -0.39 is 11.7 Å².